The van der Waals surface area contributed by atoms with Crippen LogP contribution < -0.4 is 0 Å². The maximum absolute atomic E-state index is 6.62. The standard InChI is InChI=1S/C3H6.H2O3/c2*1-3-2/h3H,1H2,2H3;1-2H. The van der Waals surface area contributed by atoms with E-state index in [1.165, 1.54) is 0 Å². The van der Waals surface area contributed by atoms with Crippen molar-refractivity contribution in [3.8, 4) is 0 Å². The van der Waals surface area contributed by atoms with E-state index < -0.39 is 0 Å². The minimum Gasteiger partial charge on any atom is -0.221 e. The smallest absolute Gasteiger partial charge is 0.0473 e. The molecule has 0 aromatic carbocycles. The SMILES string of the molecule is C=CC.OOO. The van der Waals surface area contributed by atoms with Crippen molar-refractivity contribution < 1.29 is 15.6 Å². The Kier molecular flexibility index (Phi) is 35.2. The van der Waals surface area contributed by atoms with Gasteiger partial charge in [0.05, 0.1) is 0 Å². The fraction of sp³-hybridized carbons (Fsp3) is 0.333. The second kappa shape index (κ2) is 23.1. The zero-order chi connectivity index (χ0) is 5.41. The Hall–Kier alpha value is -0.380. The molecule has 0 spiro atoms. The third kappa shape index (κ3) is 172. The zero-order valence-electron chi connectivity index (χ0n) is 3.59. The lowest BCUT2D eigenvalue weighted by molar-refractivity contribution is -0.465. The summed E-state index contributed by atoms with van der Waals surface area (Å²) in [6, 6.07) is 0. The summed E-state index contributed by atoms with van der Waals surface area (Å²) in [5.74, 6) is 0. The summed E-state index contributed by atoms with van der Waals surface area (Å²) >= 11 is 0. The molecule has 0 fully saturated rings. The van der Waals surface area contributed by atoms with Gasteiger partial charge in [-0.1, -0.05) is 11.1 Å². The molecule has 3 nitrogen and oxygen atoms in total. The van der Waals surface area contributed by atoms with Gasteiger partial charge in [0.25, 0.3) is 0 Å². The normalized spacial score (nSPS) is 5.17. The van der Waals surface area contributed by atoms with Crippen LogP contribution in [-0.2, 0) is 5.04 Å². The molecule has 0 aliphatic rings. The fourth-order valence-corrected chi connectivity index (χ4v) is 0. The highest BCUT2D eigenvalue weighted by Gasteiger charge is 1.27. The summed E-state index contributed by atoms with van der Waals surface area (Å²) in [7, 11) is 0. The Morgan fingerprint density at radius 3 is 1.67 bits per heavy atom. The average molecular weight is 92.1 g/mol. The lowest BCUT2D eigenvalue weighted by Crippen LogP contribution is -1.60. The van der Waals surface area contributed by atoms with Gasteiger partial charge >= 0.3 is 0 Å². The molecule has 0 saturated carbocycles. The molecule has 0 amide bonds. The minimum atomic E-state index is 1.75. The zero-order valence-corrected chi connectivity index (χ0v) is 3.59. The van der Waals surface area contributed by atoms with E-state index in [4.69, 9.17) is 10.5 Å². The van der Waals surface area contributed by atoms with Crippen LogP contribution in [0.5, 0.6) is 0 Å². The molecule has 0 heterocycles. The van der Waals surface area contributed by atoms with Crippen molar-refractivity contribution in [3.05, 3.63) is 12.7 Å². The van der Waals surface area contributed by atoms with E-state index in [9.17, 15) is 0 Å². The van der Waals surface area contributed by atoms with Crippen LogP contribution in [0.25, 0.3) is 0 Å². The van der Waals surface area contributed by atoms with Crippen LogP contribution in [0.1, 0.15) is 6.92 Å². The van der Waals surface area contributed by atoms with Crippen molar-refractivity contribution in [1.29, 1.82) is 0 Å². The van der Waals surface area contributed by atoms with Gasteiger partial charge < -0.3 is 0 Å². The van der Waals surface area contributed by atoms with Gasteiger partial charge in [-0.05, 0) is 6.92 Å². The molecule has 2 N–H and O–H groups in total. The van der Waals surface area contributed by atoms with Crippen molar-refractivity contribution in [2.75, 3.05) is 0 Å². The second-order valence-electron chi connectivity index (χ2n) is 0.490. The largest absolute Gasteiger partial charge is 0.221 e. The molecule has 0 radical (unpaired) electrons. The highest BCUT2D eigenvalue weighted by molar-refractivity contribution is 4.51. The van der Waals surface area contributed by atoms with Gasteiger partial charge in [0.1, 0.15) is 0 Å². The molecule has 0 unspecified atom stereocenters. The van der Waals surface area contributed by atoms with E-state index in [0.717, 1.165) is 0 Å². The highest BCUT2D eigenvalue weighted by Crippen LogP contribution is 1.38. The lowest BCUT2D eigenvalue weighted by Gasteiger charge is -1.56. The molecule has 0 aliphatic carbocycles. The topological polar surface area (TPSA) is 49.7 Å². The molecule has 0 rings (SSSR count). The highest BCUT2D eigenvalue weighted by atomic mass is 17.4. The molecule has 0 saturated heterocycles. The van der Waals surface area contributed by atoms with E-state index in [1.807, 2.05) is 6.92 Å². The van der Waals surface area contributed by atoms with Crippen molar-refractivity contribution >= 4 is 0 Å². The van der Waals surface area contributed by atoms with Crippen molar-refractivity contribution in [2.24, 2.45) is 0 Å². The Bertz CT molecular complexity index is 20.0. The maximum Gasteiger partial charge on any atom is -0.0473 e. The first-order chi connectivity index (χ1) is 2.83. The summed E-state index contributed by atoms with van der Waals surface area (Å²) in [6.07, 6.45) is 1.75. The summed E-state index contributed by atoms with van der Waals surface area (Å²) in [4.78, 5) is 0. The van der Waals surface area contributed by atoms with Crippen molar-refractivity contribution in [1.82, 2.24) is 0 Å². The number of allylic oxidation sites excluding steroid dienone is 1. The molecule has 0 aromatic rings. The maximum atomic E-state index is 6.62. The Morgan fingerprint density at radius 1 is 1.67 bits per heavy atom. The van der Waals surface area contributed by atoms with Crippen LogP contribution in [0.4, 0.5) is 0 Å². The van der Waals surface area contributed by atoms with Crippen LogP contribution in [0, 0.1) is 0 Å². The first-order valence-electron chi connectivity index (χ1n) is 1.35. The molecule has 6 heavy (non-hydrogen) atoms. The van der Waals surface area contributed by atoms with Gasteiger partial charge in [0.2, 0.25) is 0 Å². The van der Waals surface area contributed by atoms with Gasteiger partial charge in [-0.15, -0.1) is 6.58 Å². The Balaban J connectivity index is 0. The Morgan fingerprint density at radius 2 is 1.67 bits per heavy atom. The number of hydrogen-bond donors (Lipinski definition) is 2. The van der Waals surface area contributed by atoms with Gasteiger partial charge in [0, 0.05) is 0 Å². The van der Waals surface area contributed by atoms with Crippen molar-refractivity contribution in [3.63, 3.8) is 0 Å². The molecule has 3 heteroatoms. The molecular weight excluding hydrogens is 84.0 g/mol. The van der Waals surface area contributed by atoms with Gasteiger partial charge in [0.15, 0.2) is 0 Å². The van der Waals surface area contributed by atoms with Gasteiger partial charge in [-0.3, -0.25) is 0 Å². The van der Waals surface area contributed by atoms with E-state index in [0.29, 0.717) is 0 Å². The summed E-state index contributed by atoms with van der Waals surface area (Å²) < 4.78 is 0. The monoisotopic (exact) mass is 92.0 g/mol. The Labute approximate surface area is 36.3 Å². The molecule has 0 aliphatic heterocycles. The van der Waals surface area contributed by atoms with Crippen LogP contribution in [0.3, 0.4) is 0 Å². The number of rotatable bonds is 0. The van der Waals surface area contributed by atoms with Crippen LogP contribution in [-0.4, -0.2) is 10.5 Å². The van der Waals surface area contributed by atoms with Crippen LogP contribution in [0.15, 0.2) is 12.7 Å². The summed E-state index contributed by atoms with van der Waals surface area (Å²) in [5.41, 5.74) is 0. The predicted octanol–water partition coefficient (Wildman–Crippen LogP) is 1.14. The molecule has 38 valence electrons. The molecular formula is C3H8O3. The third-order valence-corrected chi connectivity index (χ3v) is 0. The van der Waals surface area contributed by atoms with Crippen LogP contribution >= 0.6 is 0 Å². The summed E-state index contributed by atoms with van der Waals surface area (Å²) in [6.45, 7) is 5.25. The quantitative estimate of drug-likeness (QED) is 0.267. The van der Waals surface area contributed by atoms with E-state index >= 15 is 0 Å². The predicted molar refractivity (Wildman–Crippen MR) is 22.2 cm³/mol. The van der Waals surface area contributed by atoms with E-state index in [-0.39, 0.29) is 0 Å². The fourth-order valence-electron chi connectivity index (χ4n) is 0. The van der Waals surface area contributed by atoms with Crippen LogP contribution in [0.2, 0.25) is 0 Å². The molecule has 0 atom stereocenters. The van der Waals surface area contributed by atoms with E-state index in [1.54, 1.807) is 6.08 Å². The number of hydrogen-bond acceptors (Lipinski definition) is 3. The minimum absolute atomic E-state index is 1.75. The lowest BCUT2D eigenvalue weighted by atomic mass is 10.8. The average Bonchev–Trinajstić information content (AvgIpc) is 1.39. The second-order valence-corrected chi connectivity index (χ2v) is 0.490. The van der Waals surface area contributed by atoms with Gasteiger partial charge in [-0.25, -0.2) is 10.5 Å². The van der Waals surface area contributed by atoms with E-state index in [2.05, 4.69) is 11.6 Å². The first-order valence-corrected chi connectivity index (χ1v) is 1.35. The summed E-state index contributed by atoms with van der Waals surface area (Å²) in [5, 5.41) is 15.5. The molecule has 0 aromatic heterocycles. The van der Waals surface area contributed by atoms with Crippen molar-refractivity contribution in [2.45, 2.75) is 6.92 Å². The first kappa shape index (κ1) is 9.15. The van der Waals surface area contributed by atoms with Gasteiger partial charge in [-0.2, -0.15) is 0 Å². The third-order valence-electron chi connectivity index (χ3n) is 0. The molecule has 0 bridgehead atoms.